The molecule has 23 heavy (non-hydrogen) atoms. The summed E-state index contributed by atoms with van der Waals surface area (Å²) in [5.74, 6) is -0.304. The van der Waals surface area contributed by atoms with Crippen LogP contribution in [0.1, 0.15) is 21.5 Å². The van der Waals surface area contributed by atoms with E-state index in [2.05, 4.69) is 5.32 Å². The molecule has 0 unspecified atom stereocenters. The minimum Gasteiger partial charge on any atom is -0.351 e. The summed E-state index contributed by atoms with van der Waals surface area (Å²) in [5, 5.41) is 2.61. The molecule has 3 N–H and O–H groups in total. The Morgan fingerprint density at radius 1 is 1.13 bits per heavy atom. The maximum absolute atomic E-state index is 13.2. The molecule has 2 aromatic rings. The highest BCUT2D eigenvalue weighted by Crippen LogP contribution is 2.37. The van der Waals surface area contributed by atoms with Crippen molar-refractivity contribution in [2.24, 2.45) is 5.73 Å². The normalized spacial score (nSPS) is 11.3. The van der Waals surface area contributed by atoms with E-state index < -0.39 is 11.7 Å². The number of amides is 1. The van der Waals surface area contributed by atoms with Gasteiger partial charge in [0.25, 0.3) is 5.91 Å². The highest BCUT2D eigenvalue weighted by Gasteiger charge is 2.33. The summed E-state index contributed by atoms with van der Waals surface area (Å²) in [7, 11) is 0. The van der Waals surface area contributed by atoms with Gasteiger partial charge in [-0.2, -0.15) is 13.2 Å². The average molecular weight is 322 g/mol. The quantitative estimate of drug-likeness (QED) is 0.907. The van der Waals surface area contributed by atoms with Gasteiger partial charge in [0, 0.05) is 18.7 Å². The zero-order chi connectivity index (χ0) is 17.0. The lowest BCUT2D eigenvalue weighted by Crippen LogP contribution is -2.28. The lowest BCUT2D eigenvalue weighted by atomic mass is 9.96. The van der Waals surface area contributed by atoms with E-state index in [4.69, 9.17) is 5.73 Å². The number of nitrogens with two attached hydrogens (primary N) is 1. The smallest absolute Gasteiger partial charge is 0.351 e. The van der Waals surface area contributed by atoms with Crippen LogP contribution in [-0.2, 0) is 6.18 Å². The van der Waals surface area contributed by atoms with E-state index in [0.717, 1.165) is 6.07 Å². The van der Waals surface area contributed by atoms with Gasteiger partial charge >= 0.3 is 6.18 Å². The predicted octanol–water partition coefficient (Wildman–Crippen LogP) is 3.37. The summed E-state index contributed by atoms with van der Waals surface area (Å²) in [6.45, 7) is 2.28. The van der Waals surface area contributed by atoms with E-state index in [0.29, 0.717) is 29.8 Å². The van der Waals surface area contributed by atoms with Crippen LogP contribution < -0.4 is 11.1 Å². The molecule has 0 saturated heterocycles. The zero-order valence-electron chi connectivity index (χ0n) is 12.6. The van der Waals surface area contributed by atoms with E-state index in [1.807, 2.05) is 0 Å². The van der Waals surface area contributed by atoms with Crippen LogP contribution in [0.4, 0.5) is 13.2 Å². The third-order valence-corrected chi connectivity index (χ3v) is 3.37. The third kappa shape index (κ3) is 4.10. The van der Waals surface area contributed by atoms with Crippen LogP contribution in [0, 0.1) is 6.92 Å². The van der Waals surface area contributed by atoms with Crippen LogP contribution in [0.25, 0.3) is 11.1 Å². The van der Waals surface area contributed by atoms with Gasteiger partial charge in [0.05, 0.1) is 5.56 Å². The highest BCUT2D eigenvalue weighted by molar-refractivity contribution is 5.94. The molecule has 0 saturated carbocycles. The number of alkyl halides is 3. The second-order valence-corrected chi connectivity index (χ2v) is 5.17. The maximum Gasteiger partial charge on any atom is 0.417 e. The third-order valence-electron chi connectivity index (χ3n) is 3.37. The first-order valence-electron chi connectivity index (χ1n) is 7.09. The summed E-state index contributed by atoms with van der Waals surface area (Å²) in [4.78, 5) is 11.8. The molecule has 0 fully saturated rings. The minimum atomic E-state index is -4.43. The molecule has 2 aromatic carbocycles. The molecule has 0 spiro atoms. The molecule has 122 valence electrons. The van der Waals surface area contributed by atoms with E-state index in [1.165, 1.54) is 30.3 Å². The van der Waals surface area contributed by atoms with Crippen LogP contribution in [0.15, 0.2) is 42.5 Å². The van der Waals surface area contributed by atoms with Gasteiger partial charge in [-0.15, -0.1) is 0 Å². The molecule has 0 heterocycles. The van der Waals surface area contributed by atoms with Crippen LogP contribution >= 0.6 is 0 Å². The second-order valence-electron chi connectivity index (χ2n) is 5.17. The average Bonchev–Trinajstić information content (AvgIpc) is 2.52. The van der Waals surface area contributed by atoms with Crippen LogP contribution in [0.5, 0.6) is 0 Å². The van der Waals surface area contributed by atoms with Crippen LogP contribution in [0.3, 0.4) is 0 Å². The Balaban J connectivity index is 2.35. The van der Waals surface area contributed by atoms with Gasteiger partial charge < -0.3 is 11.1 Å². The molecule has 0 aliphatic heterocycles. The molecule has 0 bridgehead atoms. The molecule has 3 nitrogen and oxygen atoms in total. The largest absolute Gasteiger partial charge is 0.417 e. The summed E-state index contributed by atoms with van der Waals surface area (Å²) in [6.07, 6.45) is -4.43. The standard InChI is InChI=1S/C17H17F3N2O/c1-11-2-7-14(15(10-11)17(18,19)20)12-3-5-13(6-4-12)16(23)22-9-8-21/h2-7,10H,8-9,21H2,1H3,(H,22,23). The molecule has 0 radical (unpaired) electrons. The Morgan fingerprint density at radius 2 is 1.78 bits per heavy atom. The number of halogens is 3. The number of benzene rings is 2. The van der Waals surface area contributed by atoms with E-state index in [9.17, 15) is 18.0 Å². The van der Waals surface area contributed by atoms with E-state index in [-0.39, 0.29) is 11.5 Å². The molecular weight excluding hydrogens is 305 g/mol. The monoisotopic (exact) mass is 322 g/mol. The van der Waals surface area contributed by atoms with Gasteiger partial charge in [0.2, 0.25) is 0 Å². The second kappa shape index (κ2) is 6.83. The van der Waals surface area contributed by atoms with Gasteiger partial charge in [0.15, 0.2) is 0 Å². The van der Waals surface area contributed by atoms with Gasteiger partial charge in [0.1, 0.15) is 0 Å². The van der Waals surface area contributed by atoms with Crippen molar-refractivity contribution in [3.8, 4) is 11.1 Å². The van der Waals surface area contributed by atoms with Gasteiger partial charge in [-0.3, -0.25) is 4.79 Å². The molecule has 0 aliphatic carbocycles. The lowest BCUT2D eigenvalue weighted by molar-refractivity contribution is -0.137. The topological polar surface area (TPSA) is 55.1 Å². The van der Waals surface area contributed by atoms with Crippen molar-refractivity contribution in [1.82, 2.24) is 5.32 Å². The molecule has 0 aromatic heterocycles. The first-order valence-corrected chi connectivity index (χ1v) is 7.09. The van der Waals surface area contributed by atoms with E-state index in [1.54, 1.807) is 13.0 Å². The maximum atomic E-state index is 13.2. The molecule has 0 aliphatic rings. The summed E-state index contributed by atoms with van der Waals surface area (Å²) >= 11 is 0. The fourth-order valence-electron chi connectivity index (χ4n) is 2.23. The number of carbonyl (C=O) groups excluding carboxylic acids is 1. The number of nitrogens with one attached hydrogen (secondary N) is 1. The molecule has 2 rings (SSSR count). The SMILES string of the molecule is Cc1ccc(-c2ccc(C(=O)NCCN)cc2)c(C(F)(F)F)c1. The fraction of sp³-hybridized carbons (Fsp3) is 0.235. The molecule has 1 amide bonds. The van der Waals surface area contributed by atoms with Crippen molar-refractivity contribution in [2.75, 3.05) is 13.1 Å². The minimum absolute atomic E-state index is 0.0945. The molecular formula is C17H17F3N2O. The first kappa shape index (κ1) is 17.0. The predicted molar refractivity (Wildman–Crippen MR) is 83.0 cm³/mol. The first-order chi connectivity index (χ1) is 10.8. The van der Waals surface area contributed by atoms with Crippen molar-refractivity contribution in [1.29, 1.82) is 0 Å². The van der Waals surface area contributed by atoms with Crippen molar-refractivity contribution in [3.63, 3.8) is 0 Å². The summed E-state index contributed by atoms with van der Waals surface area (Å²) in [5.41, 5.74) is 6.04. The Labute approximate surface area is 132 Å². The summed E-state index contributed by atoms with van der Waals surface area (Å²) < 4.78 is 39.6. The fourth-order valence-corrected chi connectivity index (χ4v) is 2.23. The number of hydrogen-bond donors (Lipinski definition) is 2. The van der Waals surface area contributed by atoms with Crippen molar-refractivity contribution >= 4 is 5.91 Å². The zero-order valence-corrected chi connectivity index (χ0v) is 12.6. The number of rotatable bonds is 4. The highest BCUT2D eigenvalue weighted by atomic mass is 19.4. The number of carbonyl (C=O) groups is 1. The number of aryl methyl sites for hydroxylation is 1. The van der Waals surface area contributed by atoms with E-state index >= 15 is 0 Å². The van der Waals surface area contributed by atoms with Crippen molar-refractivity contribution in [3.05, 3.63) is 59.2 Å². The van der Waals surface area contributed by atoms with Crippen molar-refractivity contribution in [2.45, 2.75) is 13.1 Å². The Kier molecular flexibility index (Phi) is 5.05. The Morgan fingerprint density at radius 3 is 2.35 bits per heavy atom. The Hall–Kier alpha value is -2.34. The van der Waals surface area contributed by atoms with Crippen LogP contribution in [-0.4, -0.2) is 19.0 Å². The number of hydrogen-bond acceptors (Lipinski definition) is 2. The van der Waals surface area contributed by atoms with Crippen molar-refractivity contribution < 1.29 is 18.0 Å². The van der Waals surface area contributed by atoms with Gasteiger partial charge in [-0.25, -0.2) is 0 Å². The lowest BCUT2D eigenvalue weighted by Gasteiger charge is -2.14. The molecule has 0 atom stereocenters. The van der Waals surface area contributed by atoms with Gasteiger partial charge in [-0.1, -0.05) is 29.8 Å². The Bertz CT molecular complexity index is 694. The molecule has 6 heteroatoms. The van der Waals surface area contributed by atoms with Gasteiger partial charge in [-0.05, 0) is 36.2 Å². The van der Waals surface area contributed by atoms with Crippen LogP contribution in [0.2, 0.25) is 0 Å². The summed E-state index contributed by atoms with van der Waals surface area (Å²) in [6, 6.07) is 10.2.